The molecule has 0 aliphatic heterocycles. The van der Waals surface area contributed by atoms with Crippen LogP contribution in [0.1, 0.15) is 0 Å². The minimum atomic E-state index is -4.95. The summed E-state index contributed by atoms with van der Waals surface area (Å²) in [6.07, 6.45) is -9.31. The first-order chi connectivity index (χ1) is 11.1. The maximum absolute atomic E-state index is 10.9. The zero-order valence-electron chi connectivity index (χ0n) is 12.6. The Bertz CT molecular complexity index is 518. The lowest BCUT2D eigenvalue weighted by Gasteiger charge is -2.30. The van der Waals surface area contributed by atoms with Gasteiger partial charge in [-0.1, -0.05) is 0 Å². The van der Waals surface area contributed by atoms with E-state index in [2.05, 4.69) is 4.52 Å². The van der Waals surface area contributed by atoms with Gasteiger partial charge in [0.1, 0.15) is 24.6 Å². The first-order valence-electron chi connectivity index (χ1n) is 6.53. The Hall–Kier alpha value is -0.470. The van der Waals surface area contributed by atoms with E-state index in [1.807, 2.05) is 0 Å². The number of phosphoric ester groups is 1. The molecule has 0 saturated carbocycles. The van der Waals surface area contributed by atoms with E-state index in [4.69, 9.17) is 24.7 Å². The first-order valence-corrected chi connectivity index (χ1v) is 9.86. The van der Waals surface area contributed by atoms with Crippen LogP contribution < -0.4 is 0 Å². The van der Waals surface area contributed by atoms with E-state index >= 15 is 0 Å². The fraction of sp³-hybridized carbons (Fsp3) is 0.889. The number of aliphatic carboxylic acids is 1. The summed E-state index contributed by atoms with van der Waals surface area (Å²) in [6, 6.07) is 0. The molecule has 0 spiro atoms. The highest BCUT2D eigenvalue weighted by Gasteiger charge is 2.34. The molecule has 16 heteroatoms. The molecule has 0 fully saturated rings. The third-order valence-electron chi connectivity index (χ3n) is 2.74. The Kier molecular flexibility index (Phi) is 9.83. The van der Waals surface area contributed by atoms with Gasteiger partial charge in [0.2, 0.25) is 0 Å². The molecule has 0 aliphatic rings. The number of hydrogen-bond acceptors (Lipinski definition) is 9. The summed E-state index contributed by atoms with van der Waals surface area (Å²) in [4.78, 5) is 45.9. The Morgan fingerprint density at radius 2 is 1.44 bits per heavy atom. The molecule has 4 atom stereocenters. The quantitative estimate of drug-likeness (QED) is 0.139. The van der Waals surface area contributed by atoms with Gasteiger partial charge in [0.05, 0.1) is 19.3 Å². The van der Waals surface area contributed by atoms with Crippen molar-refractivity contribution in [1.29, 1.82) is 0 Å². The number of phosphoric acid groups is 1. The highest BCUT2D eigenvalue weighted by atomic mass is 31.2. The largest absolute Gasteiger partial charge is 0.480 e. The summed E-state index contributed by atoms with van der Waals surface area (Å²) in [7, 11) is -9.64. The Balaban J connectivity index is 4.80. The van der Waals surface area contributed by atoms with Crippen LogP contribution in [-0.4, -0.2) is 106 Å². The molecule has 14 nitrogen and oxygen atoms in total. The fourth-order valence-electron chi connectivity index (χ4n) is 1.72. The summed E-state index contributed by atoms with van der Waals surface area (Å²) < 4.78 is 25.3. The fourth-order valence-corrected chi connectivity index (χ4v) is 2.81. The minimum Gasteiger partial charge on any atom is -0.480 e. The number of carbonyl (C=O) groups is 1. The van der Waals surface area contributed by atoms with Gasteiger partial charge in [0.25, 0.3) is 0 Å². The van der Waals surface area contributed by atoms with E-state index in [0.29, 0.717) is 4.90 Å². The normalized spacial score (nSPS) is 18.0. The van der Waals surface area contributed by atoms with Crippen molar-refractivity contribution in [2.75, 3.05) is 26.0 Å². The molecule has 0 radical (unpaired) electrons. The van der Waals surface area contributed by atoms with Gasteiger partial charge in [-0.05, 0) is 0 Å². The highest BCUT2D eigenvalue weighted by molar-refractivity contribution is 7.51. The third-order valence-corrected chi connectivity index (χ3v) is 3.99. The van der Waals surface area contributed by atoms with Crippen molar-refractivity contribution in [3.8, 4) is 0 Å². The van der Waals surface area contributed by atoms with Crippen LogP contribution >= 0.6 is 15.4 Å². The predicted molar refractivity (Wildman–Crippen MR) is 78.1 cm³/mol. The lowest BCUT2D eigenvalue weighted by atomic mass is 10.0. The summed E-state index contributed by atoms with van der Waals surface area (Å²) in [5.41, 5.74) is 0. The van der Waals surface area contributed by atoms with Gasteiger partial charge in [-0.3, -0.25) is 18.8 Å². The average Bonchev–Trinajstić information content (AvgIpc) is 2.39. The van der Waals surface area contributed by atoms with Gasteiger partial charge in [0, 0.05) is 6.54 Å². The maximum atomic E-state index is 10.9. The molecule has 0 bridgehead atoms. The van der Waals surface area contributed by atoms with E-state index < -0.39 is 71.8 Å². The lowest BCUT2D eigenvalue weighted by molar-refractivity contribution is -0.140. The molecule has 9 N–H and O–H groups in total. The number of nitrogens with zero attached hydrogens (tertiary/aromatic N) is 1. The van der Waals surface area contributed by atoms with Crippen molar-refractivity contribution in [3.63, 3.8) is 0 Å². The monoisotopic (exact) mass is 413 g/mol. The third kappa shape index (κ3) is 11.7. The maximum Gasteiger partial charge on any atom is 0.469 e. The van der Waals surface area contributed by atoms with Crippen molar-refractivity contribution in [2.24, 2.45) is 0 Å². The van der Waals surface area contributed by atoms with E-state index in [0.717, 1.165) is 0 Å². The molecule has 0 aromatic heterocycles. The minimum absolute atomic E-state index is 0.599. The molecule has 0 heterocycles. The van der Waals surface area contributed by atoms with E-state index in [-0.39, 0.29) is 0 Å². The van der Waals surface area contributed by atoms with E-state index in [9.17, 15) is 34.4 Å². The second kappa shape index (κ2) is 10.0. The molecule has 3 unspecified atom stereocenters. The molecular weight excluding hydrogens is 392 g/mol. The van der Waals surface area contributed by atoms with E-state index in [1.165, 1.54) is 0 Å². The van der Waals surface area contributed by atoms with Crippen LogP contribution in [0, 0.1) is 0 Å². The molecule has 150 valence electrons. The molecular formula is C9H21NO13P2. The topological polar surface area (TPSA) is 246 Å². The van der Waals surface area contributed by atoms with Crippen LogP contribution in [0.25, 0.3) is 0 Å². The summed E-state index contributed by atoms with van der Waals surface area (Å²) in [5.74, 6) is -1.48. The molecule has 0 saturated heterocycles. The van der Waals surface area contributed by atoms with Crippen LogP contribution in [0.4, 0.5) is 0 Å². The second-order valence-corrected chi connectivity index (χ2v) is 7.97. The summed E-state index contributed by atoms with van der Waals surface area (Å²) in [6.45, 7) is -2.77. The van der Waals surface area contributed by atoms with Gasteiger partial charge < -0.3 is 45.1 Å². The van der Waals surface area contributed by atoms with Crippen molar-refractivity contribution >= 4 is 21.4 Å². The second-order valence-electron chi connectivity index (χ2n) is 5.11. The number of carboxylic acid groups (broad SMARTS) is 1. The zero-order valence-corrected chi connectivity index (χ0v) is 14.4. The molecule has 0 rings (SSSR count). The van der Waals surface area contributed by atoms with Gasteiger partial charge in [-0.2, -0.15) is 0 Å². The summed E-state index contributed by atoms with van der Waals surface area (Å²) in [5, 5.41) is 47.1. The van der Waals surface area contributed by atoms with E-state index in [1.54, 1.807) is 0 Å². The van der Waals surface area contributed by atoms with Gasteiger partial charge in [-0.25, -0.2) is 4.57 Å². The first kappa shape index (κ1) is 24.5. The van der Waals surface area contributed by atoms with Crippen molar-refractivity contribution in [3.05, 3.63) is 0 Å². The van der Waals surface area contributed by atoms with Crippen LogP contribution in [-0.2, 0) is 18.4 Å². The molecule has 0 aromatic carbocycles. The SMILES string of the molecule is O=C(O)CN(CC(O)C(O)C(O)[C@H](O)COP(=O)(O)O)CP(=O)(O)O. The smallest absolute Gasteiger partial charge is 0.469 e. The van der Waals surface area contributed by atoms with Crippen molar-refractivity contribution in [2.45, 2.75) is 24.4 Å². The molecule has 0 aromatic rings. The molecule has 25 heavy (non-hydrogen) atoms. The highest BCUT2D eigenvalue weighted by Crippen LogP contribution is 2.36. The standard InChI is InChI=1S/C9H21NO13P2/c11-5(1-10(2-7(13)14)4-24(17,18)19)8(15)9(16)6(12)3-23-25(20,21)22/h5-6,8-9,11-12,15-16H,1-4H2,(H,13,14)(H2,17,18,19)(H2,20,21,22)/t5?,6-,8?,9?/m1/s1. The van der Waals surface area contributed by atoms with Crippen LogP contribution in [0.3, 0.4) is 0 Å². The van der Waals surface area contributed by atoms with Gasteiger partial charge in [0.15, 0.2) is 0 Å². The lowest BCUT2D eigenvalue weighted by Crippen LogP contribution is -2.50. The van der Waals surface area contributed by atoms with Crippen molar-refractivity contribution < 1.29 is 63.6 Å². The number of aliphatic hydroxyl groups is 4. The molecule has 0 aliphatic carbocycles. The molecule has 0 amide bonds. The Morgan fingerprint density at radius 1 is 0.960 bits per heavy atom. The van der Waals surface area contributed by atoms with Crippen LogP contribution in [0.15, 0.2) is 0 Å². The van der Waals surface area contributed by atoms with Crippen LogP contribution in [0.5, 0.6) is 0 Å². The van der Waals surface area contributed by atoms with Crippen LogP contribution in [0.2, 0.25) is 0 Å². The Labute approximate surface area is 141 Å². The number of carboxylic acids is 1. The predicted octanol–water partition coefficient (Wildman–Crippen LogP) is -3.94. The summed E-state index contributed by atoms with van der Waals surface area (Å²) >= 11 is 0. The van der Waals surface area contributed by atoms with Gasteiger partial charge in [-0.15, -0.1) is 0 Å². The number of rotatable bonds is 12. The average molecular weight is 413 g/mol. The number of aliphatic hydroxyl groups excluding tert-OH is 4. The zero-order chi connectivity index (χ0) is 20.0. The van der Waals surface area contributed by atoms with Crippen molar-refractivity contribution in [1.82, 2.24) is 4.90 Å². The van der Waals surface area contributed by atoms with Gasteiger partial charge >= 0.3 is 21.4 Å². The number of hydrogen-bond donors (Lipinski definition) is 9. The Morgan fingerprint density at radius 3 is 1.84 bits per heavy atom.